The number of phenols is 1. The van der Waals surface area contributed by atoms with Gasteiger partial charge in [-0.1, -0.05) is 29.3 Å². The summed E-state index contributed by atoms with van der Waals surface area (Å²) in [6.07, 6.45) is 6.46. The van der Waals surface area contributed by atoms with Crippen molar-refractivity contribution >= 4 is 23.2 Å². The van der Waals surface area contributed by atoms with E-state index in [1.54, 1.807) is 18.3 Å². The fraction of sp³-hybridized carbons (Fsp3) is 0.214. The van der Waals surface area contributed by atoms with Crippen molar-refractivity contribution in [2.75, 3.05) is 0 Å². The Bertz CT molecular complexity index is 506. The lowest BCUT2D eigenvalue weighted by atomic mass is 10.1. The van der Waals surface area contributed by atoms with Crippen molar-refractivity contribution in [1.29, 1.82) is 0 Å². The van der Waals surface area contributed by atoms with Crippen LogP contribution in [0.4, 0.5) is 0 Å². The van der Waals surface area contributed by atoms with Gasteiger partial charge >= 0.3 is 0 Å². The molecule has 0 bridgehead atoms. The summed E-state index contributed by atoms with van der Waals surface area (Å²) in [7, 11) is 0. The Morgan fingerprint density at radius 3 is 2.33 bits per heavy atom. The molecule has 0 saturated heterocycles. The van der Waals surface area contributed by atoms with Gasteiger partial charge in [0.15, 0.2) is 5.75 Å². The molecule has 0 spiro atoms. The van der Waals surface area contributed by atoms with Gasteiger partial charge in [-0.3, -0.25) is 4.98 Å². The molecule has 0 aliphatic heterocycles. The molecule has 1 aromatic heterocycles. The molecule has 2 rings (SSSR count). The van der Waals surface area contributed by atoms with Crippen LogP contribution in [0.2, 0.25) is 10.0 Å². The van der Waals surface area contributed by atoms with E-state index in [-0.39, 0.29) is 5.75 Å². The Morgan fingerprint density at radius 1 is 1.06 bits per heavy atom. The van der Waals surface area contributed by atoms with Gasteiger partial charge in [0.1, 0.15) is 0 Å². The highest BCUT2D eigenvalue weighted by atomic mass is 35.5. The van der Waals surface area contributed by atoms with E-state index in [0.717, 1.165) is 24.8 Å². The van der Waals surface area contributed by atoms with Crippen LogP contribution >= 0.6 is 23.2 Å². The maximum atomic E-state index is 9.46. The highest BCUT2D eigenvalue weighted by Crippen LogP contribution is 2.33. The highest BCUT2D eigenvalue weighted by molar-refractivity contribution is 6.37. The number of halogens is 2. The monoisotopic (exact) mass is 281 g/mol. The summed E-state index contributed by atoms with van der Waals surface area (Å²) >= 11 is 11.7. The Morgan fingerprint density at radius 2 is 1.72 bits per heavy atom. The first kappa shape index (κ1) is 13.2. The van der Waals surface area contributed by atoms with Crippen LogP contribution in [0.3, 0.4) is 0 Å². The molecule has 1 aromatic carbocycles. The molecule has 1 heterocycles. The molecule has 94 valence electrons. The molecule has 1 N–H and O–H groups in total. The Kier molecular flexibility index (Phi) is 4.45. The van der Waals surface area contributed by atoms with Crippen molar-refractivity contribution in [3.05, 3.63) is 57.8 Å². The van der Waals surface area contributed by atoms with Crippen LogP contribution in [0.15, 0.2) is 36.7 Å². The lowest BCUT2D eigenvalue weighted by molar-refractivity contribution is 0.475. The number of aromatic nitrogens is 1. The van der Waals surface area contributed by atoms with Crippen LogP contribution in [0, 0.1) is 0 Å². The van der Waals surface area contributed by atoms with Gasteiger partial charge in [0.25, 0.3) is 0 Å². The molecule has 0 radical (unpaired) electrons. The summed E-state index contributed by atoms with van der Waals surface area (Å²) in [6, 6.07) is 7.51. The highest BCUT2D eigenvalue weighted by Gasteiger charge is 2.06. The maximum Gasteiger partial charge on any atom is 0.152 e. The predicted octanol–water partition coefficient (Wildman–Crippen LogP) is 4.27. The van der Waals surface area contributed by atoms with E-state index in [1.165, 1.54) is 5.56 Å². The fourth-order valence-corrected chi connectivity index (χ4v) is 2.34. The average molecular weight is 282 g/mol. The van der Waals surface area contributed by atoms with Crippen molar-refractivity contribution in [2.24, 2.45) is 0 Å². The van der Waals surface area contributed by atoms with Crippen molar-refractivity contribution < 1.29 is 5.11 Å². The number of benzene rings is 1. The minimum atomic E-state index is -0.0469. The van der Waals surface area contributed by atoms with E-state index < -0.39 is 0 Å². The zero-order chi connectivity index (χ0) is 13.0. The first-order valence-electron chi connectivity index (χ1n) is 5.72. The van der Waals surface area contributed by atoms with Gasteiger partial charge in [0.2, 0.25) is 0 Å². The molecule has 0 aliphatic carbocycles. The van der Waals surface area contributed by atoms with Crippen LogP contribution in [0.5, 0.6) is 5.75 Å². The second-order valence-corrected chi connectivity index (χ2v) is 4.94. The number of pyridine rings is 1. The van der Waals surface area contributed by atoms with Gasteiger partial charge in [-0.15, -0.1) is 0 Å². The summed E-state index contributed by atoms with van der Waals surface area (Å²) in [6.45, 7) is 0. The number of hydrogen-bond donors (Lipinski definition) is 1. The van der Waals surface area contributed by atoms with Crippen molar-refractivity contribution in [1.82, 2.24) is 4.98 Å². The molecule has 0 unspecified atom stereocenters. The minimum absolute atomic E-state index is 0.0469. The third-order valence-corrected chi connectivity index (χ3v) is 3.31. The normalized spacial score (nSPS) is 10.6. The molecule has 2 nitrogen and oxygen atoms in total. The average Bonchev–Trinajstić information content (AvgIpc) is 2.37. The molecule has 0 atom stereocenters. The second kappa shape index (κ2) is 6.07. The largest absolute Gasteiger partial charge is 0.505 e. The van der Waals surface area contributed by atoms with Crippen LogP contribution in [0.1, 0.15) is 17.5 Å². The van der Waals surface area contributed by atoms with Crippen LogP contribution < -0.4 is 0 Å². The lowest BCUT2D eigenvalue weighted by Crippen LogP contribution is -1.91. The third kappa shape index (κ3) is 3.37. The predicted molar refractivity (Wildman–Crippen MR) is 74.4 cm³/mol. The molecule has 0 aliphatic rings. The topological polar surface area (TPSA) is 33.1 Å². The summed E-state index contributed by atoms with van der Waals surface area (Å²) < 4.78 is 0. The molecule has 4 heteroatoms. The first-order valence-corrected chi connectivity index (χ1v) is 6.48. The second-order valence-electron chi connectivity index (χ2n) is 4.12. The van der Waals surface area contributed by atoms with E-state index >= 15 is 0 Å². The van der Waals surface area contributed by atoms with E-state index in [9.17, 15) is 5.11 Å². The summed E-state index contributed by atoms with van der Waals surface area (Å²) in [5.74, 6) is -0.0469. The SMILES string of the molecule is Oc1c(Cl)cc(CCCc2cccnc2)cc1Cl. The van der Waals surface area contributed by atoms with Gasteiger partial charge < -0.3 is 5.11 Å². The number of phenolic OH excluding ortho intramolecular Hbond substituents is 1. The Hall–Kier alpha value is -1.25. The van der Waals surface area contributed by atoms with E-state index in [4.69, 9.17) is 23.2 Å². The summed E-state index contributed by atoms with van der Waals surface area (Å²) in [5.41, 5.74) is 2.25. The molecule has 0 fully saturated rings. The minimum Gasteiger partial charge on any atom is -0.505 e. The van der Waals surface area contributed by atoms with E-state index in [2.05, 4.69) is 11.1 Å². The van der Waals surface area contributed by atoms with Crippen LogP contribution in [0.25, 0.3) is 0 Å². The maximum absolute atomic E-state index is 9.46. The Balaban J connectivity index is 1.95. The van der Waals surface area contributed by atoms with Gasteiger partial charge in [-0.05, 0) is 48.6 Å². The Labute approximate surface area is 116 Å². The van der Waals surface area contributed by atoms with E-state index in [1.807, 2.05) is 12.3 Å². The van der Waals surface area contributed by atoms with Crippen molar-refractivity contribution in [3.63, 3.8) is 0 Å². The number of hydrogen-bond acceptors (Lipinski definition) is 2. The molecular weight excluding hydrogens is 269 g/mol. The summed E-state index contributed by atoms with van der Waals surface area (Å²) in [4.78, 5) is 4.07. The fourth-order valence-electron chi connectivity index (χ4n) is 1.80. The third-order valence-electron chi connectivity index (χ3n) is 2.73. The van der Waals surface area contributed by atoms with E-state index in [0.29, 0.717) is 10.0 Å². The smallest absolute Gasteiger partial charge is 0.152 e. The van der Waals surface area contributed by atoms with Gasteiger partial charge in [0.05, 0.1) is 10.0 Å². The zero-order valence-corrected chi connectivity index (χ0v) is 11.2. The molecular formula is C14H13Cl2NO. The van der Waals surface area contributed by atoms with Crippen molar-refractivity contribution in [2.45, 2.75) is 19.3 Å². The zero-order valence-electron chi connectivity index (χ0n) is 9.74. The first-order chi connectivity index (χ1) is 8.66. The molecule has 18 heavy (non-hydrogen) atoms. The number of aryl methyl sites for hydroxylation is 2. The molecule has 0 amide bonds. The van der Waals surface area contributed by atoms with Gasteiger partial charge in [-0.25, -0.2) is 0 Å². The summed E-state index contributed by atoms with van der Waals surface area (Å²) in [5, 5.41) is 10.1. The van der Waals surface area contributed by atoms with Crippen LogP contribution in [-0.2, 0) is 12.8 Å². The van der Waals surface area contributed by atoms with Gasteiger partial charge in [0, 0.05) is 12.4 Å². The molecule has 0 saturated carbocycles. The number of aromatic hydroxyl groups is 1. The quantitative estimate of drug-likeness (QED) is 0.908. The number of nitrogens with zero attached hydrogens (tertiary/aromatic N) is 1. The van der Waals surface area contributed by atoms with Gasteiger partial charge in [-0.2, -0.15) is 0 Å². The van der Waals surface area contributed by atoms with Crippen LogP contribution in [-0.4, -0.2) is 10.1 Å². The lowest BCUT2D eigenvalue weighted by Gasteiger charge is -2.05. The number of rotatable bonds is 4. The van der Waals surface area contributed by atoms with Crippen molar-refractivity contribution in [3.8, 4) is 5.75 Å². The molecule has 2 aromatic rings. The standard InChI is InChI=1S/C14H13Cl2NO/c15-12-7-11(8-13(16)14(12)18)4-1-3-10-5-2-6-17-9-10/h2,5-9,18H,1,3-4H2.